The van der Waals surface area contributed by atoms with Crippen molar-refractivity contribution < 1.29 is 13.9 Å². The molecule has 0 aromatic heterocycles. The van der Waals surface area contributed by atoms with Crippen LogP contribution in [0.25, 0.3) is 10.6 Å². The molecule has 16 heavy (non-hydrogen) atoms. The van der Waals surface area contributed by atoms with Crippen LogP contribution in [-0.2, 0) is 4.74 Å². The predicted molar refractivity (Wildman–Crippen MR) is 65.1 cm³/mol. The second-order valence-corrected chi connectivity index (χ2v) is 6.03. The first-order valence-electron chi connectivity index (χ1n) is 4.45. The average molecular weight is 276 g/mol. The Morgan fingerprint density at radius 3 is 2.88 bits per heavy atom. The van der Waals surface area contributed by atoms with E-state index in [1.807, 2.05) is 6.26 Å². The van der Waals surface area contributed by atoms with Crippen molar-refractivity contribution in [3.63, 3.8) is 0 Å². The van der Waals surface area contributed by atoms with Crippen molar-refractivity contribution in [2.45, 2.75) is 11.1 Å². The van der Waals surface area contributed by atoms with E-state index in [1.54, 1.807) is 6.92 Å². The van der Waals surface area contributed by atoms with Crippen molar-refractivity contribution in [3.8, 4) is 10.6 Å². The van der Waals surface area contributed by atoms with Gasteiger partial charge in [0.2, 0.25) is 0 Å². The Kier molecular flexibility index (Phi) is 3.36. The van der Waals surface area contributed by atoms with Crippen LogP contribution in [0.2, 0.25) is 0 Å². The second-order valence-electron chi connectivity index (χ2n) is 2.80. The lowest BCUT2D eigenvalue weighted by Gasteiger charge is -1.96. The lowest BCUT2D eigenvalue weighted by Crippen LogP contribution is -2.12. The smallest absolute Gasteiger partial charge is 0.352 e. The molecule has 2 rings (SSSR count). The normalized spacial score (nSPS) is 10.9. The number of fused-ring (bicyclic) bond motifs is 1. The van der Waals surface area contributed by atoms with Gasteiger partial charge in [-0.3, -0.25) is 0 Å². The first-order valence-corrected chi connectivity index (χ1v) is 7.83. The van der Waals surface area contributed by atoms with E-state index in [0.717, 1.165) is 4.21 Å². The van der Waals surface area contributed by atoms with Crippen molar-refractivity contribution >= 4 is 38.4 Å². The number of furan rings is 1. The number of thioether (sulfide) groups is 1. The molecule has 0 amide bonds. The molecule has 0 saturated carbocycles. The molecule has 0 saturated heterocycles. The summed E-state index contributed by atoms with van der Waals surface area (Å²) in [5.74, 6) is -0.0940. The van der Waals surface area contributed by atoms with Crippen molar-refractivity contribution in [3.05, 3.63) is 16.0 Å². The number of hydrogen-bond acceptors (Lipinski definition) is 7. The highest BCUT2D eigenvalue weighted by atomic mass is 32.9. The van der Waals surface area contributed by atoms with Gasteiger partial charge in [-0.2, -0.15) is 0 Å². The van der Waals surface area contributed by atoms with E-state index >= 15 is 0 Å². The summed E-state index contributed by atoms with van der Waals surface area (Å²) in [6, 6.07) is 0. The van der Waals surface area contributed by atoms with Gasteiger partial charge in [-0.1, -0.05) is 20.7 Å². The Balaban J connectivity index is 2.51. The highest BCUT2D eigenvalue weighted by molar-refractivity contribution is 8.02. The molecule has 0 aromatic carbocycles. The van der Waals surface area contributed by atoms with E-state index in [-0.39, 0.29) is 12.2 Å². The lowest BCUT2D eigenvalue weighted by atomic mass is 10.3. The highest BCUT2D eigenvalue weighted by Crippen LogP contribution is 2.43. The molecule has 0 fully saturated rings. The maximum atomic E-state index is 11.6. The van der Waals surface area contributed by atoms with Crippen LogP contribution in [0.1, 0.15) is 17.3 Å². The monoisotopic (exact) mass is 276 g/mol. The van der Waals surface area contributed by atoms with Crippen LogP contribution in [0, 0.1) is 0 Å². The van der Waals surface area contributed by atoms with Crippen molar-refractivity contribution in [2.75, 3.05) is 12.9 Å². The molecule has 0 spiro atoms. The summed E-state index contributed by atoms with van der Waals surface area (Å²) >= 11 is 1.50. The zero-order valence-corrected chi connectivity index (χ0v) is 11.0. The summed E-state index contributed by atoms with van der Waals surface area (Å²) in [5, 5.41) is 0. The molecule has 7 heteroatoms. The molecular weight excluding hydrogens is 268 g/mol. The van der Waals surface area contributed by atoms with Crippen molar-refractivity contribution in [1.29, 1.82) is 0 Å². The fourth-order valence-electron chi connectivity index (χ4n) is 1.23. The SMILES string of the molecule is CCOC(=O)c1c2ssc(SC)c-2oc1=O. The first-order chi connectivity index (χ1) is 7.69. The summed E-state index contributed by atoms with van der Waals surface area (Å²) in [5.41, 5.74) is -0.582. The lowest BCUT2D eigenvalue weighted by molar-refractivity contribution is 0.0525. The largest absolute Gasteiger partial charge is 0.462 e. The van der Waals surface area contributed by atoms with E-state index in [2.05, 4.69) is 0 Å². The summed E-state index contributed by atoms with van der Waals surface area (Å²) < 4.78 is 10.8. The number of rotatable bonds is 3. The number of carbonyl (C=O) groups excluding carboxylic acids is 1. The molecule has 0 unspecified atom stereocenters. The number of hydrogen-bond donors (Lipinski definition) is 0. The molecule has 0 aromatic rings. The van der Waals surface area contributed by atoms with E-state index in [9.17, 15) is 9.59 Å². The van der Waals surface area contributed by atoms with Crippen LogP contribution in [0.15, 0.2) is 13.4 Å². The average Bonchev–Trinajstić information content (AvgIpc) is 2.75. The minimum absolute atomic E-state index is 0.0263. The maximum Gasteiger partial charge on any atom is 0.352 e. The Morgan fingerprint density at radius 1 is 1.50 bits per heavy atom. The molecule has 4 nitrogen and oxygen atoms in total. The van der Waals surface area contributed by atoms with Crippen molar-refractivity contribution in [1.82, 2.24) is 0 Å². The standard InChI is InChI=1S/C9H8O4S3/c1-3-12-7(10)4-6-5(13-8(4)11)9(14-2)16-15-6/h3H2,1-2H3. The first kappa shape index (κ1) is 11.7. The predicted octanol–water partition coefficient (Wildman–Crippen LogP) is 2.77. The summed E-state index contributed by atoms with van der Waals surface area (Å²) in [6.45, 7) is 1.94. The van der Waals surface area contributed by atoms with E-state index in [0.29, 0.717) is 10.6 Å². The molecule has 0 N–H and O–H groups in total. The molecule has 2 aliphatic heterocycles. The van der Waals surface area contributed by atoms with Gasteiger partial charge in [-0.25, -0.2) is 9.59 Å². The fraction of sp³-hybridized carbons (Fsp3) is 0.333. The van der Waals surface area contributed by atoms with Gasteiger partial charge < -0.3 is 9.15 Å². The van der Waals surface area contributed by atoms with Gasteiger partial charge in [0.05, 0.1) is 6.61 Å². The molecule has 0 aliphatic carbocycles. The van der Waals surface area contributed by atoms with Crippen LogP contribution in [-0.4, -0.2) is 18.8 Å². The van der Waals surface area contributed by atoms with Crippen LogP contribution < -0.4 is 5.63 Å². The third-order valence-electron chi connectivity index (χ3n) is 1.88. The van der Waals surface area contributed by atoms with Gasteiger partial charge in [0.1, 0.15) is 9.09 Å². The summed E-state index contributed by atoms with van der Waals surface area (Å²) in [7, 11) is 2.86. The Morgan fingerprint density at radius 2 is 2.25 bits per heavy atom. The molecule has 0 radical (unpaired) electrons. The zero-order valence-electron chi connectivity index (χ0n) is 8.56. The fourth-order valence-corrected chi connectivity index (χ4v) is 4.91. The Hall–Kier alpha value is -0.790. The van der Waals surface area contributed by atoms with E-state index < -0.39 is 11.6 Å². The molecule has 0 bridgehead atoms. The molecule has 0 atom stereocenters. The molecule has 2 aliphatic rings. The quantitative estimate of drug-likeness (QED) is 0.490. The Bertz CT molecular complexity index is 536. The number of esters is 1. The maximum absolute atomic E-state index is 11.6. The Labute approximate surface area is 103 Å². The molecule has 2 heterocycles. The summed E-state index contributed by atoms with van der Waals surface area (Å²) in [6.07, 6.45) is 1.90. The van der Waals surface area contributed by atoms with Gasteiger partial charge in [0, 0.05) is 0 Å². The third kappa shape index (κ3) is 1.79. The van der Waals surface area contributed by atoms with Crippen LogP contribution in [0.5, 0.6) is 0 Å². The molecule has 86 valence electrons. The zero-order chi connectivity index (χ0) is 11.7. The molecular formula is C9H8O4S3. The third-order valence-corrected chi connectivity index (χ3v) is 5.73. The van der Waals surface area contributed by atoms with Crippen molar-refractivity contribution in [2.24, 2.45) is 0 Å². The topological polar surface area (TPSA) is 56.5 Å². The van der Waals surface area contributed by atoms with Gasteiger partial charge in [-0.15, -0.1) is 11.8 Å². The minimum Gasteiger partial charge on any atom is -0.462 e. The summed E-state index contributed by atoms with van der Waals surface area (Å²) in [4.78, 5) is 23.7. The highest BCUT2D eigenvalue weighted by Gasteiger charge is 2.29. The van der Waals surface area contributed by atoms with E-state index in [1.165, 1.54) is 32.4 Å². The van der Waals surface area contributed by atoms with Crippen LogP contribution >= 0.6 is 32.4 Å². The van der Waals surface area contributed by atoms with Crippen LogP contribution in [0.4, 0.5) is 0 Å². The minimum atomic E-state index is -0.609. The van der Waals surface area contributed by atoms with Crippen LogP contribution in [0.3, 0.4) is 0 Å². The van der Waals surface area contributed by atoms with Gasteiger partial charge in [-0.05, 0) is 13.2 Å². The number of ether oxygens (including phenoxy) is 1. The van der Waals surface area contributed by atoms with Gasteiger partial charge >= 0.3 is 11.6 Å². The van der Waals surface area contributed by atoms with E-state index in [4.69, 9.17) is 9.15 Å². The van der Waals surface area contributed by atoms with Gasteiger partial charge in [0.25, 0.3) is 0 Å². The second kappa shape index (κ2) is 4.60. The number of carbonyl (C=O) groups is 1. The van der Waals surface area contributed by atoms with Gasteiger partial charge in [0.15, 0.2) is 11.3 Å².